The fourth-order valence-electron chi connectivity index (χ4n) is 2.61. The standard InChI is InChI=1S/C13H26N2O2/c1-3-7-13(8-5-9-14-13)12(17)15-11(4-2)6-10-16/h11,14,16H,3-10H2,1-2H3,(H,15,17). The number of nitrogens with one attached hydrogen (secondary N) is 2. The first-order valence-electron chi connectivity index (χ1n) is 6.85. The van der Waals surface area contributed by atoms with Gasteiger partial charge >= 0.3 is 0 Å². The second kappa shape index (κ2) is 6.97. The Morgan fingerprint density at radius 1 is 1.53 bits per heavy atom. The quantitative estimate of drug-likeness (QED) is 0.628. The lowest BCUT2D eigenvalue weighted by molar-refractivity contribution is -0.128. The summed E-state index contributed by atoms with van der Waals surface area (Å²) in [5.41, 5.74) is -0.350. The summed E-state index contributed by atoms with van der Waals surface area (Å²) in [6.07, 6.45) is 5.43. The van der Waals surface area contributed by atoms with Gasteiger partial charge in [-0.2, -0.15) is 0 Å². The topological polar surface area (TPSA) is 61.4 Å². The van der Waals surface area contributed by atoms with Crippen molar-refractivity contribution in [1.29, 1.82) is 0 Å². The molecule has 0 aromatic heterocycles. The zero-order chi connectivity index (χ0) is 12.7. The molecule has 1 aliphatic heterocycles. The van der Waals surface area contributed by atoms with Crippen molar-refractivity contribution < 1.29 is 9.90 Å². The molecule has 3 N–H and O–H groups in total. The summed E-state index contributed by atoms with van der Waals surface area (Å²) in [4.78, 5) is 12.3. The number of rotatable bonds is 7. The largest absolute Gasteiger partial charge is 0.396 e. The van der Waals surface area contributed by atoms with E-state index in [9.17, 15) is 4.79 Å². The fraction of sp³-hybridized carbons (Fsp3) is 0.923. The minimum Gasteiger partial charge on any atom is -0.396 e. The number of hydrogen-bond acceptors (Lipinski definition) is 3. The summed E-state index contributed by atoms with van der Waals surface area (Å²) >= 11 is 0. The zero-order valence-corrected chi connectivity index (χ0v) is 11.1. The van der Waals surface area contributed by atoms with Crippen LogP contribution in [0.3, 0.4) is 0 Å². The number of amides is 1. The molecule has 17 heavy (non-hydrogen) atoms. The minimum atomic E-state index is -0.350. The molecule has 4 heteroatoms. The van der Waals surface area contributed by atoms with E-state index in [4.69, 9.17) is 5.11 Å². The molecule has 0 saturated carbocycles. The maximum absolute atomic E-state index is 12.3. The Morgan fingerprint density at radius 3 is 2.76 bits per heavy atom. The molecule has 0 aromatic carbocycles. The third-order valence-electron chi connectivity index (χ3n) is 3.66. The van der Waals surface area contributed by atoms with Crippen LogP contribution in [0.5, 0.6) is 0 Å². The van der Waals surface area contributed by atoms with Crippen molar-refractivity contribution in [2.24, 2.45) is 0 Å². The first-order valence-corrected chi connectivity index (χ1v) is 6.85. The normalized spacial score (nSPS) is 25.8. The lowest BCUT2D eigenvalue weighted by Crippen LogP contribution is -2.55. The molecule has 0 bridgehead atoms. The van der Waals surface area contributed by atoms with Crippen LogP contribution in [0.15, 0.2) is 0 Å². The Kier molecular flexibility index (Phi) is 5.92. The molecule has 0 aliphatic carbocycles. The third-order valence-corrected chi connectivity index (χ3v) is 3.66. The van der Waals surface area contributed by atoms with E-state index in [-0.39, 0.29) is 24.1 Å². The highest BCUT2D eigenvalue weighted by molar-refractivity contribution is 5.86. The van der Waals surface area contributed by atoms with Crippen LogP contribution in [-0.4, -0.2) is 35.7 Å². The third kappa shape index (κ3) is 3.68. The van der Waals surface area contributed by atoms with E-state index in [1.807, 2.05) is 6.92 Å². The van der Waals surface area contributed by atoms with E-state index >= 15 is 0 Å². The maximum Gasteiger partial charge on any atom is 0.240 e. The fourth-order valence-corrected chi connectivity index (χ4v) is 2.61. The number of hydrogen-bond donors (Lipinski definition) is 3. The summed E-state index contributed by atoms with van der Waals surface area (Å²) < 4.78 is 0. The van der Waals surface area contributed by atoms with Gasteiger partial charge in [-0.1, -0.05) is 20.3 Å². The highest BCUT2D eigenvalue weighted by Gasteiger charge is 2.40. The van der Waals surface area contributed by atoms with Gasteiger partial charge in [0.15, 0.2) is 0 Å². The van der Waals surface area contributed by atoms with Gasteiger partial charge in [0.1, 0.15) is 0 Å². The van der Waals surface area contributed by atoms with Gasteiger partial charge in [0.25, 0.3) is 0 Å². The van der Waals surface area contributed by atoms with E-state index in [1.165, 1.54) is 0 Å². The van der Waals surface area contributed by atoms with Crippen LogP contribution < -0.4 is 10.6 Å². The van der Waals surface area contributed by atoms with Gasteiger partial charge in [0, 0.05) is 12.6 Å². The van der Waals surface area contributed by atoms with E-state index < -0.39 is 0 Å². The highest BCUT2D eigenvalue weighted by Crippen LogP contribution is 2.25. The van der Waals surface area contributed by atoms with E-state index in [2.05, 4.69) is 17.6 Å². The van der Waals surface area contributed by atoms with Gasteiger partial charge in [-0.15, -0.1) is 0 Å². The molecule has 0 radical (unpaired) electrons. The molecular formula is C13H26N2O2. The number of carbonyl (C=O) groups is 1. The van der Waals surface area contributed by atoms with E-state index in [1.54, 1.807) is 0 Å². The number of carbonyl (C=O) groups excluding carboxylic acids is 1. The van der Waals surface area contributed by atoms with E-state index in [0.29, 0.717) is 6.42 Å². The van der Waals surface area contributed by atoms with Gasteiger partial charge in [0.05, 0.1) is 5.54 Å². The molecule has 0 aromatic rings. The molecule has 1 saturated heterocycles. The monoisotopic (exact) mass is 242 g/mol. The van der Waals surface area contributed by atoms with Gasteiger partial charge in [-0.05, 0) is 38.6 Å². The summed E-state index contributed by atoms with van der Waals surface area (Å²) in [5.74, 6) is 0.122. The van der Waals surface area contributed by atoms with Gasteiger partial charge in [0.2, 0.25) is 5.91 Å². The molecule has 2 unspecified atom stereocenters. The molecule has 1 heterocycles. The Bertz CT molecular complexity index is 238. The minimum absolute atomic E-state index is 0.101. The summed E-state index contributed by atoms with van der Waals surface area (Å²) in [5, 5.41) is 15.4. The first kappa shape index (κ1) is 14.5. The van der Waals surface area contributed by atoms with Crippen LogP contribution in [-0.2, 0) is 4.79 Å². The van der Waals surface area contributed by atoms with Crippen molar-refractivity contribution in [3.8, 4) is 0 Å². The summed E-state index contributed by atoms with van der Waals surface area (Å²) in [6, 6.07) is 0.101. The van der Waals surface area contributed by atoms with Gasteiger partial charge in [-0.3, -0.25) is 4.79 Å². The Labute approximate surface area is 104 Å². The Balaban J connectivity index is 2.58. The summed E-state index contributed by atoms with van der Waals surface area (Å²) in [7, 11) is 0. The molecule has 1 aliphatic rings. The van der Waals surface area contributed by atoms with Crippen molar-refractivity contribution in [1.82, 2.24) is 10.6 Å². The summed E-state index contributed by atoms with van der Waals surface area (Å²) in [6.45, 7) is 5.21. The molecular weight excluding hydrogens is 216 g/mol. The number of aliphatic hydroxyl groups is 1. The van der Waals surface area contributed by atoms with E-state index in [0.717, 1.165) is 38.6 Å². The van der Waals surface area contributed by atoms with Crippen LogP contribution in [0.4, 0.5) is 0 Å². The predicted octanol–water partition coefficient (Wildman–Crippen LogP) is 1.19. The van der Waals surface area contributed by atoms with Crippen LogP contribution in [0, 0.1) is 0 Å². The van der Waals surface area contributed by atoms with Crippen molar-refractivity contribution in [3.63, 3.8) is 0 Å². The van der Waals surface area contributed by atoms with Crippen LogP contribution >= 0.6 is 0 Å². The lowest BCUT2D eigenvalue weighted by atomic mass is 9.90. The highest BCUT2D eigenvalue weighted by atomic mass is 16.3. The van der Waals surface area contributed by atoms with Crippen LogP contribution in [0.1, 0.15) is 52.4 Å². The molecule has 1 amide bonds. The lowest BCUT2D eigenvalue weighted by Gasteiger charge is -2.30. The zero-order valence-electron chi connectivity index (χ0n) is 11.1. The first-order chi connectivity index (χ1) is 8.18. The van der Waals surface area contributed by atoms with Crippen molar-refractivity contribution in [3.05, 3.63) is 0 Å². The molecule has 2 atom stereocenters. The van der Waals surface area contributed by atoms with Crippen molar-refractivity contribution >= 4 is 5.91 Å². The molecule has 4 nitrogen and oxygen atoms in total. The molecule has 1 fully saturated rings. The SMILES string of the molecule is CCCC1(C(=O)NC(CC)CCO)CCCN1. The molecule has 0 spiro atoms. The molecule has 1 rings (SSSR count). The number of aliphatic hydroxyl groups excluding tert-OH is 1. The second-order valence-electron chi connectivity index (χ2n) is 4.95. The maximum atomic E-state index is 12.3. The van der Waals surface area contributed by atoms with Gasteiger partial charge in [-0.25, -0.2) is 0 Å². The molecule has 100 valence electrons. The predicted molar refractivity (Wildman–Crippen MR) is 68.8 cm³/mol. The Hall–Kier alpha value is -0.610. The smallest absolute Gasteiger partial charge is 0.240 e. The second-order valence-corrected chi connectivity index (χ2v) is 4.95. The van der Waals surface area contributed by atoms with Gasteiger partial charge < -0.3 is 15.7 Å². The van der Waals surface area contributed by atoms with Crippen LogP contribution in [0.25, 0.3) is 0 Å². The average molecular weight is 242 g/mol. The average Bonchev–Trinajstić information content (AvgIpc) is 2.78. The van der Waals surface area contributed by atoms with Crippen LogP contribution in [0.2, 0.25) is 0 Å². The van der Waals surface area contributed by atoms with Crippen molar-refractivity contribution in [2.45, 2.75) is 64.0 Å². The Morgan fingerprint density at radius 2 is 2.29 bits per heavy atom. The van der Waals surface area contributed by atoms with Crippen molar-refractivity contribution in [2.75, 3.05) is 13.2 Å².